The Bertz CT molecular complexity index is 599. The normalized spacial score (nSPS) is 12.3. The maximum Gasteiger partial charge on any atom is 0.170 e. The summed E-state index contributed by atoms with van der Waals surface area (Å²) < 4.78 is 32.9. The van der Waals surface area contributed by atoms with Gasteiger partial charge in [-0.1, -0.05) is 24.3 Å². The minimum Gasteiger partial charge on any atom is -0.494 e. The molecule has 0 radical (unpaired) electrons. The van der Waals surface area contributed by atoms with E-state index in [1.165, 1.54) is 25.3 Å². The maximum absolute atomic E-state index is 14.1. The van der Waals surface area contributed by atoms with E-state index < -0.39 is 17.7 Å². The topological polar surface area (TPSA) is 35.2 Å². The van der Waals surface area contributed by atoms with E-state index in [1.807, 2.05) is 0 Å². The van der Waals surface area contributed by atoms with E-state index >= 15 is 0 Å². The average Bonchev–Trinajstić information content (AvgIpc) is 2.38. The van der Waals surface area contributed by atoms with E-state index in [0.717, 1.165) is 5.56 Å². The van der Waals surface area contributed by atoms with Crippen molar-refractivity contribution in [3.05, 3.63) is 64.7 Å². The summed E-state index contributed by atoms with van der Waals surface area (Å²) in [5.74, 6) is -0.896. The molecule has 0 fully saturated rings. The Hall–Kier alpha value is -1.94. The molecule has 0 saturated carbocycles. The fourth-order valence-electron chi connectivity index (χ4n) is 1.98. The van der Waals surface area contributed by atoms with Crippen molar-refractivity contribution in [3.63, 3.8) is 0 Å². The molecule has 0 aliphatic heterocycles. The summed E-state index contributed by atoms with van der Waals surface area (Å²) in [6.07, 6.45) is 0. The van der Waals surface area contributed by atoms with Gasteiger partial charge in [0.15, 0.2) is 11.6 Å². The van der Waals surface area contributed by atoms with Crippen LogP contribution in [0.1, 0.15) is 22.7 Å². The molecule has 0 amide bonds. The third kappa shape index (κ3) is 2.58. The Labute approximate surface area is 110 Å². The van der Waals surface area contributed by atoms with Crippen molar-refractivity contribution < 1.29 is 13.5 Å². The molecule has 1 unspecified atom stereocenters. The van der Waals surface area contributed by atoms with Crippen LogP contribution in [-0.2, 0) is 0 Å². The predicted octanol–water partition coefficient (Wildman–Crippen LogP) is 3.33. The lowest BCUT2D eigenvalue weighted by molar-refractivity contribution is 0.383. The van der Waals surface area contributed by atoms with Crippen molar-refractivity contribution in [1.82, 2.24) is 0 Å². The van der Waals surface area contributed by atoms with Gasteiger partial charge in [0.2, 0.25) is 0 Å². The molecule has 19 heavy (non-hydrogen) atoms. The SMILES string of the molecule is COc1cccc(C(N)c2ccc(C)cc2F)c1F. The summed E-state index contributed by atoms with van der Waals surface area (Å²) in [5.41, 5.74) is 7.22. The van der Waals surface area contributed by atoms with Gasteiger partial charge >= 0.3 is 0 Å². The van der Waals surface area contributed by atoms with E-state index in [-0.39, 0.29) is 16.9 Å². The molecule has 2 nitrogen and oxygen atoms in total. The Morgan fingerprint density at radius 3 is 2.47 bits per heavy atom. The van der Waals surface area contributed by atoms with Crippen LogP contribution in [0.15, 0.2) is 36.4 Å². The van der Waals surface area contributed by atoms with Crippen LogP contribution in [-0.4, -0.2) is 7.11 Å². The quantitative estimate of drug-likeness (QED) is 0.921. The van der Waals surface area contributed by atoms with Crippen molar-refractivity contribution >= 4 is 0 Å². The molecular weight excluding hydrogens is 248 g/mol. The molecule has 0 bridgehead atoms. The van der Waals surface area contributed by atoms with E-state index in [2.05, 4.69) is 0 Å². The van der Waals surface area contributed by atoms with Crippen molar-refractivity contribution in [3.8, 4) is 5.75 Å². The molecule has 100 valence electrons. The van der Waals surface area contributed by atoms with Crippen LogP contribution in [0.2, 0.25) is 0 Å². The molecule has 2 N–H and O–H groups in total. The monoisotopic (exact) mass is 263 g/mol. The predicted molar refractivity (Wildman–Crippen MR) is 70.1 cm³/mol. The molecule has 0 aliphatic carbocycles. The van der Waals surface area contributed by atoms with Gasteiger partial charge in [-0.05, 0) is 24.6 Å². The first kappa shape index (κ1) is 13.5. The highest BCUT2D eigenvalue weighted by Gasteiger charge is 2.19. The number of benzene rings is 2. The van der Waals surface area contributed by atoms with E-state index in [9.17, 15) is 8.78 Å². The summed E-state index contributed by atoms with van der Waals surface area (Å²) in [5, 5.41) is 0. The summed E-state index contributed by atoms with van der Waals surface area (Å²) in [7, 11) is 1.38. The maximum atomic E-state index is 14.1. The van der Waals surface area contributed by atoms with E-state index in [4.69, 9.17) is 10.5 Å². The number of hydrogen-bond donors (Lipinski definition) is 1. The first-order valence-corrected chi connectivity index (χ1v) is 5.88. The third-order valence-electron chi connectivity index (χ3n) is 3.04. The number of nitrogens with two attached hydrogens (primary N) is 1. The molecule has 0 aromatic heterocycles. The molecule has 2 aromatic rings. The molecule has 1 atom stereocenters. The van der Waals surface area contributed by atoms with Crippen LogP contribution in [0.4, 0.5) is 8.78 Å². The number of aryl methyl sites for hydroxylation is 1. The third-order valence-corrected chi connectivity index (χ3v) is 3.04. The molecule has 0 aliphatic rings. The molecular formula is C15H15F2NO. The van der Waals surface area contributed by atoms with Crippen LogP contribution >= 0.6 is 0 Å². The lowest BCUT2D eigenvalue weighted by Crippen LogP contribution is -2.15. The molecule has 0 spiro atoms. The Kier molecular flexibility index (Phi) is 3.81. The highest BCUT2D eigenvalue weighted by molar-refractivity contribution is 5.39. The van der Waals surface area contributed by atoms with Crippen LogP contribution in [0, 0.1) is 18.6 Å². The van der Waals surface area contributed by atoms with Crippen LogP contribution in [0.3, 0.4) is 0 Å². The van der Waals surface area contributed by atoms with E-state index in [1.54, 1.807) is 25.1 Å². The molecule has 2 aromatic carbocycles. The second kappa shape index (κ2) is 5.36. The van der Waals surface area contributed by atoms with Gasteiger partial charge in [-0.2, -0.15) is 0 Å². The van der Waals surface area contributed by atoms with Crippen LogP contribution in [0.25, 0.3) is 0 Å². The number of rotatable bonds is 3. The zero-order valence-electron chi connectivity index (χ0n) is 10.8. The lowest BCUT2D eigenvalue weighted by Gasteiger charge is -2.16. The largest absolute Gasteiger partial charge is 0.494 e. The first-order chi connectivity index (χ1) is 9.04. The first-order valence-electron chi connectivity index (χ1n) is 5.88. The van der Waals surface area contributed by atoms with Gasteiger partial charge in [0, 0.05) is 11.1 Å². The van der Waals surface area contributed by atoms with E-state index in [0.29, 0.717) is 0 Å². The smallest absolute Gasteiger partial charge is 0.170 e. The van der Waals surface area contributed by atoms with Crippen molar-refractivity contribution in [2.45, 2.75) is 13.0 Å². The van der Waals surface area contributed by atoms with Gasteiger partial charge in [0.1, 0.15) is 5.82 Å². The van der Waals surface area contributed by atoms with Gasteiger partial charge in [0.25, 0.3) is 0 Å². The number of methoxy groups -OCH3 is 1. The number of halogens is 2. The molecule has 0 saturated heterocycles. The van der Waals surface area contributed by atoms with Crippen molar-refractivity contribution in [2.24, 2.45) is 5.73 Å². The zero-order chi connectivity index (χ0) is 14.0. The van der Waals surface area contributed by atoms with Gasteiger partial charge in [0.05, 0.1) is 13.2 Å². The van der Waals surface area contributed by atoms with Crippen LogP contribution in [0.5, 0.6) is 5.75 Å². The Morgan fingerprint density at radius 2 is 1.84 bits per heavy atom. The highest BCUT2D eigenvalue weighted by Crippen LogP contribution is 2.29. The highest BCUT2D eigenvalue weighted by atomic mass is 19.1. The second-order valence-electron chi connectivity index (χ2n) is 4.37. The van der Waals surface area contributed by atoms with Crippen molar-refractivity contribution in [2.75, 3.05) is 7.11 Å². The second-order valence-corrected chi connectivity index (χ2v) is 4.37. The molecule has 2 rings (SSSR count). The summed E-state index contributed by atoms with van der Waals surface area (Å²) in [6, 6.07) is 8.50. The van der Waals surface area contributed by atoms with Gasteiger partial charge in [-0.3, -0.25) is 0 Å². The van der Waals surface area contributed by atoms with Gasteiger partial charge < -0.3 is 10.5 Å². The summed E-state index contributed by atoms with van der Waals surface area (Å²) in [6.45, 7) is 1.78. The Morgan fingerprint density at radius 1 is 1.11 bits per heavy atom. The number of hydrogen-bond acceptors (Lipinski definition) is 2. The summed E-state index contributed by atoms with van der Waals surface area (Å²) in [4.78, 5) is 0. The number of ether oxygens (including phenoxy) is 1. The zero-order valence-corrected chi connectivity index (χ0v) is 10.8. The minimum absolute atomic E-state index is 0.0977. The minimum atomic E-state index is -0.865. The lowest BCUT2D eigenvalue weighted by atomic mass is 9.97. The fraction of sp³-hybridized carbons (Fsp3) is 0.200. The van der Waals surface area contributed by atoms with Gasteiger partial charge in [-0.25, -0.2) is 8.78 Å². The van der Waals surface area contributed by atoms with Crippen LogP contribution < -0.4 is 10.5 Å². The molecule has 0 heterocycles. The summed E-state index contributed by atoms with van der Waals surface area (Å²) >= 11 is 0. The van der Waals surface area contributed by atoms with Crippen molar-refractivity contribution in [1.29, 1.82) is 0 Å². The standard InChI is InChI=1S/C15H15F2NO/c1-9-6-7-10(12(16)8-9)15(18)11-4-3-5-13(19-2)14(11)17/h3-8,15H,18H2,1-2H3. The fourth-order valence-corrected chi connectivity index (χ4v) is 1.98. The molecule has 4 heteroatoms. The Balaban J connectivity index is 2.47. The van der Waals surface area contributed by atoms with Gasteiger partial charge in [-0.15, -0.1) is 0 Å². The average molecular weight is 263 g/mol.